The molecule has 0 saturated carbocycles. The van der Waals surface area contributed by atoms with E-state index >= 15 is 0 Å². The highest BCUT2D eigenvalue weighted by Crippen LogP contribution is 2.20. The number of hydrogen-bond acceptors (Lipinski definition) is 5. The molecule has 0 radical (unpaired) electrons. The van der Waals surface area contributed by atoms with Gasteiger partial charge in [-0.1, -0.05) is 24.8 Å². The van der Waals surface area contributed by atoms with Gasteiger partial charge in [-0.15, -0.1) is 10.2 Å². The molecule has 0 atom stereocenters. The molecule has 0 bridgehead atoms. The summed E-state index contributed by atoms with van der Waals surface area (Å²) in [6, 6.07) is 9.48. The third kappa shape index (κ3) is 4.28. The van der Waals surface area contributed by atoms with Gasteiger partial charge in [-0.05, 0) is 43.0 Å². The van der Waals surface area contributed by atoms with E-state index in [2.05, 4.69) is 22.1 Å². The average molecular weight is 328 g/mol. The van der Waals surface area contributed by atoms with Crippen LogP contribution in [-0.2, 0) is 4.79 Å². The second-order valence-corrected chi connectivity index (χ2v) is 6.82. The molecule has 0 unspecified atom stereocenters. The number of carbonyl (C=O) groups is 1. The molecule has 0 N–H and O–H groups in total. The highest BCUT2D eigenvalue weighted by atomic mass is 32.2. The first-order chi connectivity index (χ1) is 11.2. The van der Waals surface area contributed by atoms with E-state index in [1.807, 2.05) is 35.2 Å². The molecular formula is C17H20N4OS. The fraction of sp³-hybridized carbons (Fsp3) is 0.412. The molecule has 1 aliphatic heterocycles. The van der Waals surface area contributed by atoms with Crippen molar-refractivity contribution in [3.05, 3.63) is 36.5 Å². The smallest absolute Gasteiger partial charge is 0.232 e. The Labute approximate surface area is 140 Å². The molecule has 120 valence electrons. The number of hydrogen-bond donors (Lipinski definition) is 0. The van der Waals surface area contributed by atoms with E-state index in [0.717, 1.165) is 48.3 Å². The molecule has 3 heterocycles. The van der Waals surface area contributed by atoms with Crippen LogP contribution in [0.3, 0.4) is 0 Å². The summed E-state index contributed by atoms with van der Waals surface area (Å²) in [6.07, 6.45) is 3.95. The van der Waals surface area contributed by atoms with Crippen molar-refractivity contribution in [1.82, 2.24) is 20.1 Å². The van der Waals surface area contributed by atoms with Crippen molar-refractivity contribution in [2.75, 3.05) is 18.8 Å². The molecule has 23 heavy (non-hydrogen) atoms. The van der Waals surface area contributed by atoms with Crippen LogP contribution in [0.2, 0.25) is 0 Å². The van der Waals surface area contributed by atoms with Crippen molar-refractivity contribution in [1.29, 1.82) is 0 Å². The minimum absolute atomic E-state index is 0.192. The Morgan fingerprint density at radius 3 is 2.65 bits per heavy atom. The van der Waals surface area contributed by atoms with E-state index in [1.165, 1.54) is 11.8 Å². The standard InChI is InChI=1S/C17H20N4OS/c1-13-7-10-21(11-8-13)17(22)12-23-16-6-5-15(19-20-16)14-4-2-3-9-18-14/h2-6,9,13H,7-8,10-12H2,1H3. The molecule has 1 fully saturated rings. The summed E-state index contributed by atoms with van der Waals surface area (Å²) in [5.74, 6) is 1.35. The van der Waals surface area contributed by atoms with Crippen molar-refractivity contribution >= 4 is 17.7 Å². The molecule has 5 nitrogen and oxygen atoms in total. The van der Waals surface area contributed by atoms with Gasteiger partial charge in [-0.2, -0.15) is 0 Å². The third-order valence-electron chi connectivity index (χ3n) is 4.05. The highest BCUT2D eigenvalue weighted by molar-refractivity contribution is 7.99. The Balaban J connectivity index is 1.53. The zero-order valence-corrected chi connectivity index (χ0v) is 14.0. The lowest BCUT2D eigenvalue weighted by Crippen LogP contribution is -2.38. The number of aromatic nitrogens is 3. The van der Waals surface area contributed by atoms with Gasteiger partial charge in [0.1, 0.15) is 10.7 Å². The van der Waals surface area contributed by atoms with Crippen LogP contribution >= 0.6 is 11.8 Å². The van der Waals surface area contributed by atoms with Gasteiger partial charge in [-0.25, -0.2) is 0 Å². The topological polar surface area (TPSA) is 59.0 Å². The number of nitrogens with zero attached hydrogens (tertiary/aromatic N) is 4. The van der Waals surface area contributed by atoms with Crippen LogP contribution in [0.15, 0.2) is 41.6 Å². The Hall–Kier alpha value is -1.95. The van der Waals surface area contributed by atoms with Crippen molar-refractivity contribution in [3.63, 3.8) is 0 Å². The maximum Gasteiger partial charge on any atom is 0.232 e. The summed E-state index contributed by atoms with van der Waals surface area (Å²) in [6.45, 7) is 4.00. The second kappa shape index (κ2) is 7.55. The lowest BCUT2D eigenvalue weighted by molar-refractivity contribution is -0.129. The largest absolute Gasteiger partial charge is 0.342 e. The third-order valence-corrected chi connectivity index (χ3v) is 4.95. The van der Waals surface area contributed by atoms with E-state index in [0.29, 0.717) is 5.75 Å². The van der Waals surface area contributed by atoms with E-state index in [9.17, 15) is 4.79 Å². The molecule has 3 rings (SSSR count). The molecule has 0 aliphatic carbocycles. The van der Waals surface area contributed by atoms with Gasteiger partial charge in [0.25, 0.3) is 0 Å². The lowest BCUT2D eigenvalue weighted by atomic mass is 9.99. The summed E-state index contributed by atoms with van der Waals surface area (Å²) in [5, 5.41) is 9.14. The molecule has 1 saturated heterocycles. The normalized spacial score (nSPS) is 15.6. The Bertz CT molecular complexity index is 639. The molecule has 1 aliphatic rings. The van der Waals surface area contributed by atoms with Crippen molar-refractivity contribution < 1.29 is 4.79 Å². The van der Waals surface area contributed by atoms with Crippen LogP contribution in [-0.4, -0.2) is 44.8 Å². The summed E-state index contributed by atoms with van der Waals surface area (Å²) in [5.41, 5.74) is 1.54. The number of likely N-dealkylation sites (tertiary alicyclic amines) is 1. The maximum absolute atomic E-state index is 12.2. The number of pyridine rings is 1. The average Bonchev–Trinajstić information content (AvgIpc) is 2.61. The fourth-order valence-electron chi connectivity index (χ4n) is 2.53. The maximum atomic E-state index is 12.2. The van der Waals surface area contributed by atoms with Crippen molar-refractivity contribution in [2.24, 2.45) is 5.92 Å². The molecule has 6 heteroatoms. The Kier molecular flexibility index (Phi) is 5.23. The number of thioether (sulfide) groups is 1. The lowest BCUT2D eigenvalue weighted by Gasteiger charge is -2.30. The van der Waals surface area contributed by atoms with Gasteiger partial charge >= 0.3 is 0 Å². The van der Waals surface area contributed by atoms with E-state index < -0.39 is 0 Å². The van der Waals surface area contributed by atoms with E-state index in [4.69, 9.17) is 0 Å². The first kappa shape index (κ1) is 15.9. The van der Waals surface area contributed by atoms with Crippen molar-refractivity contribution in [3.8, 4) is 11.4 Å². The summed E-state index contributed by atoms with van der Waals surface area (Å²) in [4.78, 5) is 18.4. The minimum Gasteiger partial charge on any atom is -0.342 e. The predicted octanol–water partition coefficient (Wildman–Crippen LogP) is 2.89. The highest BCUT2D eigenvalue weighted by Gasteiger charge is 2.20. The Morgan fingerprint density at radius 1 is 1.17 bits per heavy atom. The molecule has 0 spiro atoms. The van der Waals surface area contributed by atoms with Gasteiger partial charge in [-0.3, -0.25) is 9.78 Å². The summed E-state index contributed by atoms with van der Waals surface area (Å²) in [7, 11) is 0. The second-order valence-electron chi connectivity index (χ2n) is 5.82. The van der Waals surface area contributed by atoms with Gasteiger partial charge in [0.2, 0.25) is 5.91 Å². The van der Waals surface area contributed by atoms with Crippen LogP contribution in [0.5, 0.6) is 0 Å². The van der Waals surface area contributed by atoms with Crippen LogP contribution in [0.4, 0.5) is 0 Å². The first-order valence-corrected chi connectivity index (χ1v) is 8.86. The predicted molar refractivity (Wildman–Crippen MR) is 91.0 cm³/mol. The van der Waals surface area contributed by atoms with Crippen LogP contribution in [0, 0.1) is 5.92 Å². The zero-order chi connectivity index (χ0) is 16.1. The number of piperidine rings is 1. The number of rotatable bonds is 4. The summed E-state index contributed by atoms with van der Waals surface area (Å²) >= 11 is 1.44. The van der Waals surface area contributed by atoms with Gasteiger partial charge in [0.05, 0.1) is 11.4 Å². The zero-order valence-electron chi connectivity index (χ0n) is 13.2. The van der Waals surface area contributed by atoms with Gasteiger partial charge in [0, 0.05) is 19.3 Å². The molecule has 1 amide bonds. The number of amides is 1. The van der Waals surface area contributed by atoms with Gasteiger partial charge < -0.3 is 4.90 Å². The Morgan fingerprint density at radius 2 is 2.00 bits per heavy atom. The SMILES string of the molecule is CC1CCN(C(=O)CSc2ccc(-c3ccccn3)nn2)CC1. The minimum atomic E-state index is 0.192. The van der Waals surface area contributed by atoms with Crippen LogP contribution in [0.1, 0.15) is 19.8 Å². The number of carbonyl (C=O) groups excluding carboxylic acids is 1. The van der Waals surface area contributed by atoms with Crippen LogP contribution in [0.25, 0.3) is 11.4 Å². The molecule has 0 aromatic carbocycles. The van der Waals surface area contributed by atoms with E-state index in [-0.39, 0.29) is 5.91 Å². The molecule has 2 aromatic rings. The van der Waals surface area contributed by atoms with E-state index in [1.54, 1.807) is 6.20 Å². The monoisotopic (exact) mass is 328 g/mol. The molecular weight excluding hydrogens is 308 g/mol. The first-order valence-electron chi connectivity index (χ1n) is 7.88. The molecule has 2 aromatic heterocycles. The fourth-order valence-corrected chi connectivity index (χ4v) is 3.25. The summed E-state index contributed by atoms with van der Waals surface area (Å²) < 4.78 is 0. The van der Waals surface area contributed by atoms with Gasteiger partial charge in [0.15, 0.2) is 0 Å². The van der Waals surface area contributed by atoms with Crippen LogP contribution < -0.4 is 0 Å². The van der Waals surface area contributed by atoms with Crippen molar-refractivity contribution in [2.45, 2.75) is 24.8 Å². The quantitative estimate of drug-likeness (QED) is 0.808.